The van der Waals surface area contributed by atoms with Crippen LogP contribution in [0.1, 0.15) is 44.1 Å². The molecule has 0 saturated heterocycles. The van der Waals surface area contributed by atoms with Crippen molar-refractivity contribution in [2.75, 3.05) is 0 Å². The van der Waals surface area contributed by atoms with Crippen LogP contribution >= 0.6 is 0 Å². The molecule has 0 heterocycles. The van der Waals surface area contributed by atoms with Gasteiger partial charge in [-0.2, -0.15) is 0 Å². The molecule has 1 fully saturated rings. The minimum atomic E-state index is -4.69. The highest BCUT2D eigenvalue weighted by Crippen LogP contribution is 2.39. The van der Waals surface area contributed by atoms with Gasteiger partial charge in [0.25, 0.3) is 0 Å². The Kier molecular flexibility index (Phi) is 4.27. The van der Waals surface area contributed by atoms with Crippen molar-refractivity contribution in [2.24, 2.45) is 0 Å². The third-order valence-electron chi connectivity index (χ3n) is 4.05. The molecule has 1 aromatic rings. The molecule has 1 aliphatic rings. The Balaban J connectivity index is 2.00. The highest BCUT2D eigenvalue weighted by Gasteiger charge is 2.37. The van der Waals surface area contributed by atoms with E-state index in [4.69, 9.17) is 0 Å². The van der Waals surface area contributed by atoms with E-state index in [1.54, 1.807) is 12.1 Å². The molecule has 0 radical (unpaired) electrons. The Morgan fingerprint density at radius 2 is 1.76 bits per heavy atom. The van der Waals surface area contributed by atoms with E-state index in [2.05, 4.69) is 4.74 Å². The fraction of sp³-hybridized carbons (Fsp3) is 0.533. The summed E-state index contributed by atoms with van der Waals surface area (Å²) >= 11 is 0. The van der Waals surface area contributed by atoms with Crippen molar-refractivity contribution < 1.29 is 27.8 Å². The van der Waals surface area contributed by atoms with Crippen molar-refractivity contribution in [1.82, 2.24) is 0 Å². The molecular weight excluding hydrogens is 285 g/mol. The van der Waals surface area contributed by atoms with Crippen LogP contribution in [0.4, 0.5) is 13.2 Å². The van der Waals surface area contributed by atoms with Gasteiger partial charge in [-0.3, -0.25) is 4.79 Å². The average Bonchev–Trinajstić information content (AvgIpc) is 2.39. The fourth-order valence-electron chi connectivity index (χ4n) is 2.72. The standard InChI is InChI=1S/C15H17F3O3/c1-10(19)14(20)8-6-12(7-9-14)11-2-4-13(5-3-11)21-15(16,17)18/h2-5,12,20H,6-9H2,1H3. The summed E-state index contributed by atoms with van der Waals surface area (Å²) in [5.74, 6) is -0.332. The van der Waals surface area contributed by atoms with Gasteiger partial charge >= 0.3 is 6.36 Å². The molecule has 0 bridgehead atoms. The predicted molar refractivity (Wildman–Crippen MR) is 70.0 cm³/mol. The van der Waals surface area contributed by atoms with Crippen LogP contribution < -0.4 is 4.74 Å². The zero-order chi connectivity index (χ0) is 15.7. The number of carbonyl (C=O) groups is 1. The van der Waals surface area contributed by atoms with E-state index in [1.165, 1.54) is 19.1 Å². The lowest BCUT2D eigenvalue weighted by Crippen LogP contribution is -2.40. The zero-order valence-corrected chi connectivity index (χ0v) is 11.6. The molecule has 116 valence electrons. The maximum atomic E-state index is 12.1. The average molecular weight is 302 g/mol. The van der Waals surface area contributed by atoms with Gasteiger partial charge in [0.15, 0.2) is 5.78 Å². The number of Topliss-reactive ketones (excluding diaryl/α,β-unsaturated/α-hetero) is 1. The molecule has 0 unspecified atom stereocenters. The maximum Gasteiger partial charge on any atom is 0.573 e. The summed E-state index contributed by atoms with van der Waals surface area (Å²) < 4.78 is 40.1. The number of halogens is 3. The smallest absolute Gasteiger partial charge is 0.406 e. The molecule has 6 heteroatoms. The molecule has 1 saturated carbocycles. The zero-order valence-electron chi connectivity index (χ0n) is 11.6. The third-order valence-corrected chi connectivity index (χ3v) is 4.05. The van der Waals surface area contributed by atoms with Crippen LogP contribution in [-0.4, -0.2) is 22.9 Å². The van der Waals surface area contributed by atoms with E-state index >= 15 is 0 Å². The first-order valence-corrected chi connectivity index (χ1v) is 6.79. The van der Waals surface area contributed by atoms with Gasteiger partial charge in [-0.15, -0.1) is 13.2 Å². The van der Waals surface area contributed by atoms with Crippen molar-refractivity contribution >= 4 is 5.78 Å². The summed E-state index contributed by atoms with van der Waals surface area (Å²) in [5, 5.41) is 10.1. The topological polar surface area (TPSA) is 46.5 Å². The quantitative estimate of drug-likeness (QED) is 0.928. The summed E-state index contributed by atoms with van der Waals surface area (Å²) in [6.45, 7) is 1.38. The van der Waals surface area contributed by atoms with Gasteiger partial charge in [-0.05, 0) is 56.2 Å². The lowest BCUT2D eigenvalue weighted by molar-refractivity contribution is -0.274. The third kappa shape index (κ3) is 3.97. The summed E-state index contributed by atoms with van der Waals surface area (Å²) in [4.78, 5) is 11.4. The van der Waals surface area contributed by atoms with E-state index in [-0.39, 0.29) is 17.5 Å². The highest BCUT2D eigenvalue weighted by molar-refractivity contribution is 5.84. The van der Waals surface area contributed by atoms with Crippen LogP contribution in [0.2, 0.25) is 0 Å². The van der Waals surface area contributed by atoms with Crippen LogP contribution in [0, 0.1) is 0 Å². The second-order valence-corrected chi connectivity index (χ2v) is 5.48. The first-order valence-electron chi connectivity index (χ1n) is 6.79. The molecule has 0 aromatic heterocycles. The largest absolute Gasteiger partial charge is 0.573 e. The number of aliphatic hydroxyl groups is 1. The van der Waals surface area contributed by atoms with E-state index in [0.29, 0.717) is 25.7 Å². The number of rotatable bonds is 3. The predicted octanol–water partition coefficient (Wildman–Crippen LogP) is 3.56. The van der Waals surface area contributed by atoms with E-state index in [0.717, 1.165) is 5.56 Å². The number of benzene rings is 1. The lowest BCUT2D eigenvalue weighted by atomic mass is 9.74. The number of hydrogen-bond acceptors (Lipinski definition) is 3. The molecule has 2 rings (SSSR count). The number of carbonyl (C=O) groups excluding carboxylic acids is 1. The second-order valence-electron chi connectivity index (χ2n) is 5.48. The minimum absolute atomic E-state index is 0.143. The SMILES string of the molecule is CC(=O)C1(O)CCC(c2ccc(OC(F)(F)F)cc2)CC1. The minimum Gasteiger partial charge on any atom is -0.406 e. The van der Waals surface area contributed by atoms with Crippen LogP contribution in [0.3, 0.4) is 0 Å². The van der Waals surface area contributed by atoms with E-state index in [1.807, 2.05) is 0 Å². The van der Waals surface area contributed by atoms with Crippen molar-refractivity contribution in [1.29, 1.82) is 0 Å². The molecule has 0 aliphatic heterocycles. The van der Waals surface area contributed by atoms with Gasteiger partial charge in [0.2, 0.25) is 0 Å². The first kappa shape index (κ1) is 15.8. The molecule has 3 nitrogen and oxygen atoms in total. The molecule has 1 aromatic carbocycles. The van der Waals surface area contributed by atoms with Crippen molar-refractivity contribution in [2.45, 2.75) is 50.5 Å². The number of ether oxygens (including phenoxy) is 1. The highest BCUT2D eigenvalue weighted by atomic mass is 19.4. The van der Waals surface area contributed by atoms with Crippen LogP contribution in [0.5, 0.6) is 5.75 Å². The number of ketones is 1. The van der Waals surface area contributed by atoms with Gasteiger partial charge < -0.3 is 9.84 Å². The summed E-state index contributed by atoms with van der Waals surface area (Å²) in [5.41, 5.74) is -0.342. The molecular formula is C15H17F3O3. The normalized spacial score (nSPS) is 26.4. The van der Waals surface area contributed by atoms with E-state index < -0.39 is 12.0 Å². The number of alkyl halides is 3. The van der Waals surface area contributed by atoms with Gasteiger partial charge in [0, 0.05) is 0 Å². The Morgan fingerprint density at radius 1 is 1.24 bits per heavy atom. The monoisotopic (exact) mass is 302 g/mol. The van der Waals surface area contributed by atoms with Gasteiger partial charge in [-0.1, -0.05) is 12.1 Å². The van der Waals surface area contributed by atoms with Crippen LogP contribution in [0.25, 0.3) is 0 Å². The fourth-order valence-corrected chi connectivity index (χ4v) is 2.72. The summed E-state index contributed by atoms with van der Waals surface area (Å²) in [7, 11) is 0. The molecule has 0 spiro atoms. The maximum absolute atomic E-state index is 12.1. The molecule has 0 amide bonds. The summed E-state index contributed by atoms with van der Waals surface area (Å²) in [6, 6.07) is 5.77. The molecule has 0 atom stereocenters. The Labute approximate surface area is 120 Å². The van der Waals surface area contributed by atoms with Crippen molar-refractivity contribution in [3.8, 4) is 5.75 Å². The molecule has 1 aliphatic carbocycles. The van der Waals surface area contributed by atoms with Crippen LogP contribution in [0.15, 0.2) is 24.3 Å². The second kappa shape index (κ2) is 5.67. The van der Waals surface area contributed by atoms with Gasteiger partial charge in [-0.25, -0.2) is 0 Å². The van der Waals surface area contributed by atoms with E-state index in [9.17, 15) is 23.1 Å². The molecule has 21 heavy (non-hydrogen) atoms. The van der Waals surface area contributed by atoms with Gasteiger partial charge in [0.1, 0.15) is 11.4 Å². The van der Waals surface area contributed by atoms with Crippen LogP contribution in [-0.2, 0) is 4.79 Å². The Morgan fingerprint density at radius 3 is 2.19 bits per heavy atom. The Bertz CT molecular complexity index is 500. The van der Waals surface area contributed by atoms with Crippen molar-refractivity contribution in [3.05, 3.63) is 29.8 Å². The number of hydrogen-bond donors (Lipinski definition) is 1. The Hall–Kier alpha value is -1.56. The summed E-state index contributed by atoms with van der Waals surface area (Å²) in [6.07, 6.45) is -2.66. The van der Waals surface area contributed by atoms with Crippen molar-refractivity contribution in [3.63, 3.8) is 0 Å². The van der Waals surface area contributed by atoms with Gasteiger partial charge in [0.05, 0.1) is 0 Å². The lowest BCUT2D eigenvalue weighted by Gasteiger charge is -2.34. The molecule has 1 N–H and O–H groups in total. The first-order chi connectivity index (χ1) is 9.70.